The molecule has 0 atom stereocenters. The summed E-state index contributed by atoms with van der Waals surface area (Å²) in [5.41, 5.74) is 0.625. The average molecular weight is 371 g/mol. The molecule has 0 radical (unpaired) electrons. The number of amides is 1. The number of likely N-dealkylation sites (tertiary alicyclic amines) is 1. The topological polar surface area (TPSA) is 23.6 Å². The van der Waals surface area contributed by atoms with Gasteiger partial charge in [-0.15, -0.1) is 0 Å². The summed E-state index contributed by atoms with van der Waals surface area (Å²) in [5, 5.41) is 0. The number of hydrogen-bond acceptors (Lipinski definition) is 2. The fourth-order valence-electron chi connectivity index (χ4n) is 2.80. The van der Waals surface area contributed by atoms with Crippen LogP contribution in [0.15, 0.2) is 22.7 Å². The molecule has 1 aliphatic rings. The van der Waals surface area contributed by atoms with Crippen LogP contribution in [0.3, 0.4) is 0 Å². The molecule has 0 saturated carbocycles. The van der Waals surface area contributed by atoms with Gasteiger partial charge in [0.05, 0.1) is 6.54 Å². The predicted octanol–water partition coefficient (Wildman–Crippen LogP) is 3.81. The summed E-state index contributed by atoms with van der Waals surface area (Å²) in [6, 6.07) is 4.94. The van der Waals surface area contributed by atoms with Gasteiger partial charge in [0.15, 0.2) is 0 Å². The molecule has 0 N–H and O–H groups in total. The lowest BCUT2D eigenvalue weighted by molar-refractivity contribution is -0.132. The van der Waals surface area contributed by atoms with E-state index in [1.54, 1.807) is 12.1 Å². The Labute approximate surface area is 140 Å². The maximum Gasteiger partial charge on any atom is 0.236 e. The molecular formula is C17H24BrFN2O. The summed E-state index contributed by atoms with van der Waals surface area (Å²) in [6.07, 6.45) is 4.62. The van der Waals surface area contributed by atoms with Gasteiger partial charge in [0.1, 0.15) is 5.82 Å². The summed E-state index contributed by atoms with van der Waals surface area (Å²) < 4.78 is 14.7. The Morgan fingerprint density at radius 2 is 1.95 bits per heavy atom. The SMILES string of the molecule is CCN(CC(=O)N1CCCCCC1)Cc1cc(Br)ccc1F. The molecular weight excluding hydrogens is 347 g/mol. The summed E-state index contributed by atoms with van der Waals surface area (Å²) >= 11 is 3.37. The van der Waals surface area contributed by atoms with E-state index in [4.69, 9.17) is 0 Å². The Hall–Kier alpha value is -0.940. The molecule has 122 valence electrons. The third-order valence-corrected chi connectivity index (χ3v) is 4.66. The van der Waals surface area contributed by atoms with Crippen molar-refractivity contribution >= 4 is 21.8 Å². The molecule has 0 spiro atoms. The Morgan fingerprint density at radius 1 is 1.27 bits per heavy atom. The van der Waals surface area contributed by atoms with Crippen molar-refractivity contribution < 1.29 is 9.18 Å². The van der Waals surface area contributed by atoms with Crippen molar-refractivity contribution in [3.8, 4) is 0 Å². The molecule has 1 aromatic carbocycles. The first-order chi connectivity index (χ1) is 10.6. The smallest absolute Gasteiger partial charge is 0.236 e. The average Bonchev–Trinajstić information content (AvgIpc) is 2.79. The van der Waals surface area contributed by atoms with Gasteiger partial charge in [-0.1, -0.05) is 35.7 Å². The minimum Gasteiger partial charge on any atom is -0.342 e. The minimum absolute atomic E-state index is 0.166. The van der Waals surface area contributed by atoms with E-state index < -0.39 is 0 Å². The molecule has 1 fully saturated rings. The Morgan fingerprint density at radius 3 is 2.59 bits per heavy atom. The first-order valence-electron chi connectivity index (χ1n) is 8.04. The van der Waals surface area contributed by atoms with Crippen molar-refractivity contribution in [3.05, 3.63) is 34.1 Å². The molecule has 1 saturated heterocycles. The van der Waals surface area contributed by atoms with E-state index in [0.717, 1.165) is 36.9 Å². The van der Waals surface area contributed by atoms with Gasteiger partial charge in [-0.2, -0.15) is 0 Å². The lowest BCUT2D eigenvalue weighted by Crippen LogP contribution is -2.40. The lowest BCUT2D eigenvalue weighted by Gasteiger charge is -2.26. The third-order valence-electron chi connectivity index (χ3n) is 4.17. The van der Waals surface area contributed by atoms with E-state index in [0.29, 0.717) is 18.7 Å². The first-order valence-corrected chi connectivity index (χ1v) is 8.83. The van der Waals surface area contributed by atoms with Crippen LogP contribution in [0.4, 0.5) is 4.39 Å². The van der Waals surface area contributed by atoms with E-state index in [9.17, 15) is 9.18 Å². The van der Waals surface area contributed by atoms with Crippen LogP contribution < -0.4 is 0 Å². The molecule has 3 nitrogen and oxygen atoms in total. The van der Waals surface area contributed by atoms with Gasteiger partial charge in [0.25, 0.3) is 0 Å². The lowest BCUT2D eigenvalue weighted by atomic mass is 10.2. The number of rotatable bonds is 5. The van der Waals surface area contributed by atoms with Gasteiger partial charge >= 0.3 is 0 Å². The maximum absolute atomic E-state index is 13.9. The van der Waals surface area contributed by atoms with Gasteiger partial charge in [-0.25, -0.2) is 4.39 Å². The highest BCUT2D eigenvalue weighted by molar-refractivity contribution is 9.10. The predicted molar refractivity (Wildman–Crippen MR) is 90.1 cm³/mol. The number of carbonyl (C=O) groups excluding carboxylic acids is 1. The van der Waals surface area contributed by atoms with Crippen molar-refractivity contribution in [1.82, 2.24) is 9.80 Å². The van der Waals surface area contributed by atoms with Crippen molar-refractivity contribution in [1.29, 1.82) is 0 Å². The molecule has 22 heavy (non-hydrogen) atoms. The fraction of sp³-hybridized carbons (Fsp3) is 0.588. The molecule has 0 aliphatic carbocycles. The number of likely N-dealkylation sites (N-methyl/N-ethyl adjacent to an activating group) is 1. The van der Waals surface area contributed by atoms with Crippen molar-refractivity contribution in [2.45, 2.75) is 39.2 Å². The third kappa shape index (κ3) is 5.06. The zero-order valence-electron chi connectivity index (χ0n) is 13.2. The first kappa shape index (κ1) is 17.4. The number of carbonyl (C=O) groups is 1. The van der Waals surface area contributed by atoms with Crippen LogP contribution in [-0.2, 0) is 11.3 Å². The van der Waals surface area contributed by atoms with Crippen LogP contribution >= 0.6 is 15.9 Å². The van der Waals surface area contributed by atoms with E-state index in [-0.39, 0.29) is 11.7 Å². The maximum atomic E-state index is 13.9. The summed E-state index contributed by atoms with van der Waals surface area (Å²) in [5.74, 6) is -0.0528. The van der Waals surface area contributed by atoms with E-state index in [2.05, 4.69) is 15.9 Å². The van der Waals surface area contributed by atoms with Gasteiger partial charge in [-0.3, -0.25) is 9.69 Å². The Balaban J connectivity index is 1.96. The van der Waals surface area contributed by atoms with Crippen LogP contribution in [-0.4, -0.2) is 41.9 Å². The highest BCUT2D eigenvalue weighted by atomic mass is 79.9. The van der Waals surface area contributed by atoms with E-state index >= 15 is 0 Å². The molecule has 1 aliphatic heterocycles. The second-order valence-corrected chi connectivity index (χ2v) is 6.75. The fourth-order valence-corrected chi connectivity index (χ4v) is 3.20. The van der Waals surface area contributed by atoms with Crippen LogP contribution in [0.5, 0.6) is 0 Å². The quantitative estimate of drug-likeness (QED) is 0.786. The molecule has 0 unspecified atom stereocenters. The number of benzene rings is 1. The monoisotopic (exact) mass is 370 g/mol. The molecule has 5 heteroatoms. The van der Waals surface area contributed by atoms with Crippen LogP contribution in [0, 0.1) is 5.82 Å². The van der Waals surface area contributed by atoms with Crippen molar-refractivity contribution in [3.63, 3.8) is 0 Å². The molecule has 0 aromatic heterocycles. The molecule has 1 heterocycles. The Bertz CT molecular complexity index is 501. The van der Waals surface area contributed by atoms with Crippen molar-refractivity contribution in [2.24, 2.45) is 0 Å². The van der Waals surface area contributed by atoms with Crippen LogP contribution in [0.1, 0.15) is 38.2 Å². The highest BCUT2D eigenvalue weighted by Gasteiger charge is 2.18. The molecule has 1 amide bonds. The summed E-state index contributed by atoms with van der Waals surface area (Å²) in [4.78, 5) is 16.4. The van der Waals surface area contributed by atoms with Gasteiger partial charge < -0.3 is 4.90 Å². The number of halogens is 2. The van der Waals surface area contributed by atoms with Gasteiger partial charge in [-0.05, 0) is 37.6 Å². The van der Waals surface area contributed by atoms with Crippen LogP contribution in [0.25, 0.3) is 0 Å². The Kier molecular flexibility index (Phi) is 6.83. The number of nitrogens with zero attached hydrogens (tertiary/aromatic N) is 2. The van der Waals surface area contributed by atoms with E-state index in [1.165, 1.54) is 18.9 Å². The largest absolute Gasteiger partial charge is 0.342 e. The van der Waals surface area contributed by atoms with Gasteiger partial charge in [0, 0.05) is 29.7 Å². The highest BCUT2D eigenvalue weighted by Crippen LogP contribution is 2.17. The second kappa shape index (κ2) is 8.63. The zero-order valence-corrected chi connectivity index (χ0v) is 14.7. The minimum atomic E-state index is -0.219. The standard InChI is InChI=1S/C17H24BrFN2O/c1-2-20(12-14-11-15(18)7-8-16(14)19)13-17(22)21-9-5-3-4-6-10-21/h7-8,11H,2-6,9-10,12-13H2,1H3. The van der Waals surface area contributed by atoms with Crippen molar-refractivity contribution in [2.75, 3.05) is 26.2 Å². The summed E-state index contributed by atoms with van der Waals surface area (Å²) in [7, 11) is 0. The van der Waals surface area contributed by atoms with Gasteiger partial charge in [0.2, 0.25) is 5.91 Å². The zero-order chi connectivity index (χ0) is 15.9. The van der Waals surface area contributed by atoms with E-state index in [1.807, 2.05) is 16.7 Å². The number of hydrogen-bond donors (Lipinski definition) is 0. The second-order valence-electron chi connectivity index (χ2n) is 5.83. The summed E-state index contributed by atoms with van der Waals surface area (Å²) in [6.45, 7) is 5.28. The molecule has 2 rings (SSSR count). The molecule has 0 bridgehead atoms. The van der Waals surface area contributed by atoms with Crippen LogP contribution in [0.2, 0.25) is 0 Å². The normalized spacial score (nSPS) is 15.9. The molecule has 1 aromatic rings.